The van der Waals surface area contributed by atoms with Crippen LogP contribution in [0.5, 0.6) is 17.2 Å². The van der Waals surface area contributed by atoms with E-state index in [1.807, 2.05) is 50.2 Å². The van der Waals surface area contributed by atoms with E-state index in [0.717, 1.165) is 39.1 Å². The highest BCUT2D eigenvalue weighted by atomic mass is 31.3. The number of phenolic OH excluding ortho intramolecular Hbond substituents is 1. The van der Waals surface area contributed by atoms with Crippen molar-refractivity contribution in [2.24, 2.45) is 0 Å². The molecule has 0 saturated heterocycles. The van der Waals surface area contributed by atoms with Gasteiger partial charge >= 0.3 is 15.6 Å². The zero-order valence-corrected chi connectivity index (χ0v) is 20.2. The lowest BCUT2D eigenvalue weighted by Gasteiger charge is -2.18. The maximum absolute atomic E-state index is 10.5. The highest BCUT2D eigenvalue weighted by molar-refractivity contribution is 7.60. The van der Waals surface area contributed by atoms with Crippen LogP contribution in [-0.4, -0.2) is 24.7 Å². The number of para-hydroxylation sites is 1. The van der Waals surface area contributed by atoms with Crippen LogP contribution in [0, 0.1) is 27.7 Å². The fourth-order valence-corrected chi connectivity index (χ4v) is 4.38. The summed E-state index contributed by atoms with van der Waals surface area (Å²) in [4.78, 5) is 31.0. The number of aryl methyl sites for hydroxylation is 4. The molecule has 0 atom stereocenters. The highest BCUT2D eigenvalue weighted by Crippen LogP contribution is 2.53. The van der Waals surface area contributed by atoms with Crippen LogP contribution >= 0.6 is 15.6 Å². The molecular weight excluding hydrogens is 470 g/mol. The predicted molar refractivity (Wildman–Crippen MR) is 124 cm³/mol. The highest BCUT2D eigenvalue weighted by Gasteiger charge is 2.28. The summed E-state index contributed by atoms with van der Waals surface area (Å²) < 4.78 is 28.5. The van der Waals surface area contributed by atoms with Gasteiger partial charge in [0.15, 0.2) is 0 Å². The van der Waals surface area contributed by atoms with Crippen molar-refractivity contribution in [3.8, 4) is 28.4 Å². The third-order valence-electron chi connectivity index (χ3n) is 4.57. The Labute approximate surface area is 191 Å². The summed E-state index contributed by atoms with van der Waals surface area (Å²) in [5, 5.41) is 10.5. The second kappa shape index (κ2) is 10.6. The van der Waals surface area contributed by atoms with Crippen molar-refractivity contribution >= 4 is 15.6 Å². The molecule has 0 aliphatic carbocycles. The summed E-state index contributed by atoms with van der Waals surface area (Å²) in [6, 6.07) is 17.6. The molecule has 178 valence electrons. The Morgan fingerprint density at radius 2 is 1.06 bits per heavy atom. The molecule has 33 heavy (non-hydrogen) atoms. The van der Waals surface area contributed by atoms with Gasteiger partial charge in [-0.3, -0.25) is 0 Å². The van der Waals surface area contributed by atoms with Gasteiger partial charge in [-0.1, -0.05) is 42.5 Å². The quantitative estimate of drug-likeness (QED) is 0.297. The van der Waals surface area contributed by atoms with E-state index in [4.69, 9.17) is 24.3 Å². The molecule has 0 saturated carbocycles. The zero-order chi connectivity index (χ0) is 25.0. The van der Waals surface area contributed by atoms with Crippen molar-refractivity contribution in [1.29, 1.82) is 0 Å². The lowest BCUT2D eigenvalue weighted by Crippen LogP contribution is -1.95. The van der Waals surface area contributed by atoms with Crippen LogP contribution in [0.1, 0.15) is 22.3 Å². The SMILES string of the molecule is Cc1cccc(C)c1Oc1cccc(O)c1-c1c(C)cccc1C.O=P(O)(O)OP(=O)(O)O. The molecule has 0 fully saturated rings. The second-order valence-corrected chi connectivity index (χ2v) is 9.92. The van der Waals surface area contributed by atoms with Gasteiger partial charge in [-0.05, 0) is 67.6 Å². The number of benzene rings is 3. The number of phenols is 1. The molecule has 11 heteroatoms. The molecule has 0 aliphatic rings. The van der Waals surface area contributed by atoms with Crippen molar-refractivity contribution in [1.82, 2.24) is 0 Å². The number of phosphoric acid groups is 2. The summed E-state index contributed by atoms with van der Waals surface area (Å²) in [6.07, 6.45) is 0. The van der Waals surface area contributed by atoms with E-state index in [-0.39, 0.29) is 5.75 Å². The monoisotopic (exact) mass is 496 g/mol. The van der Waals surface area contributed by atoms with Crippen molar-refractivity contribution in [3.63, 3.8) is 0 Å². The van der Waals surface area contributed by atoms with Crippen LogP contribution in [0.4, 0.5) is 0 Å². The Morgan fingerprint density at radius 3 is 1.48 bits per heavy atom. The fraction of sp³-hybridized carbons (Fsp3) is 0.182. The van der Waals surface area contributed by atoms with Gasteiger partial charge < -0.3 is 29.4 Å². The number of rotatable bonds is 5. The smallest absolute Gasteiger partial charge is 0.478 e. The summed E-state index contributed by atoms with van der Waals surface area (Å²) >= 11 is 0. The average Bonchev–Trinajstić information content (AvgIpc) is 2.64. The third-order valence-corrected chi connectivity index (χ3v) is 6.27. The van der Waals surface area contributed by atoms with Crippen LogP contribution in [0.2, 0.25) is 0 Å². The Balaban J connectivity index is 0.000000365. The molecule has 3 rings (SSSR count). The first kappa shape index (κ1) is 26.8. The minimum absolute atomic E-state index is 0.233. The Kier molecular flexibility index (Phi) is 8.63. The van der Waals surface area contributed by atoms with Gasteiger partial charge in [-0.15, -0.1) is 0 Å². The third kappa shape index (κ3) is 7.81. The van der Waals surface area contributed by atoms with Gasteiger partial charge in [0.25, 0.3) is 0 Å². The number of ether oxygens (including phenoxy) is 1. The lowest BCUT2D eigenvalue weighted by atomic mass is 9.94. The molecule has 0 unspecified atom stereocenters. The first-order valence-electron chi connectivity index (χ1n) is 9.64. The molecule has 0 aromatic heterocycles. The van der Waals surface area contributed by atoms with Crippen LogP contribution in [0.3, 0.4) is 0 Å². The summed E-state index contributed by atoms with van der Waals surface area (Å²) in [5.41, 5.74) is 6.15. The molecule has 3 aromatic rings. The average molecular weight is 496 g/mol. The van der Waals surface area contributed by atoms with E-state index in [0.29, 0.717) is 5.75 Å². The Morgan fingerprint density at radius 1 is 0.636 bits per heavy atom. The molecule has 9 nitrogen and oxygen atoms in total. The Hall–Kier alpha value is -2.48. The summed E-state index contributed by atoms with van der Waals surface area (Å²) in [6.45, 7) is 8.17. The van der Waals surface area contributed by atoms with Gasteiger partial charge in [0.1, 0.15) is 17.2 Å². The first-order valence-corrected chi connectivity index (χ1v) is 12.7. The van der Waals surface area contributed by atoms with Crippen molar-refractivity contribution in [2.45, 2.75) is 27.7 Å². The van der Waals surface area contributed by atoms with E-state index in [1.165, 1.54) is 0 Å². The lowest BCUT2D eigenvalue weighted by molar-refractivity contribution is 0.225. The second-order valence-electron chi connectivity index (χ2n) is 7.30. The first-order chi connectivity index (χ1) is 15.2. The molecule has 0 spiro atoms. The van der Waals surface area contributed by atoms with Crippen molar-refractivity contribution < 1.29 is 42.9 Å². The zero-order valence-electron chi connectivity index (χ0n) is 18.5. The molecular formula is C22H26O9P2. The summed E-state index contributed by atoms with van der Waals surface area (Å²) in [5.74, 6) is 1.75. The topological polar surface area (TPSA) is 154 Å². The van der Waals surface area contributed by atoms with E-state index in [9.17, 15) is 14.2 Å². The minimum Gasteiger partial charge on any atom is -0.507 e. The van der Waals surface area contributed by atoms with Crippen LogP contribution in [0.15, 0.2) is 54.6 Å². The van der Waals surface area contributed by atoms with E-state index in [2.05, 4.69) is 30.3 Å². The van der Waals surface area contributed by atoms with Crippen molar-refractivity contribution in [3.05, 3.63) is 76.9 Å². The van der Waals surface area contributed by atoms with Gasteiger partial charge in [0.2, 0.25) is 0 Å². The predicted octanol–water partition coefficient (Wildman–Crippen LogP) is 5.27. The molecule has 0 heterocycles. The summed E-state index contributed by atoms with van der Waals surface area (Å²) in [7, 11) is -10.1. The van der Waals surface area contributed by atoms with Crippen LogP contribution in [-0.2, 0) is 13.4 Å². The van der Waals surface area contributed by atoms with Gasteiger partial charge in [0, 0.05) is 0 Å². The molecule has 0 amide bonds. The Bertz CT molecular complexity index is 1170. The molecule has 0 aliphatic heterocycles. The normalized spacial score (nSPS) is 11.5. The standard InChI is InChI=1S/C22H22O2.H4O7P2/c1-14-8-5-9-15(2)20(14)21-18(23)12-7-13-19(21)24-22-16(3)10-6-11-17(22)4;1-8(2,3)7-9(4,5)6/h5-13,23H,1-4H3;(H2,1,2,3)(H2,4,5,6). The van der Waals surface area contributed by atoms with E-state index >= 15 is 0 Å². The molecule has 3 aromatic carbocycles. The molecule has 0 radical (unpaired) electrons. The number of aromatic hydroxyl groups is 1. The number of hydrogen-bond donors (Lipinski definition) is 5. The minimum atomic E-state index is -5.05. The van der Waals surface area contributed by atoms with Crippen molar-refractivity contribution in [2.75, 3.05) is 0 Å². The fourth-order valence-electron chi connectivity index (χ4n) is 3.27. The molecule has 5 N–H and O–H groups in total. The van der Waals surface area contributed by atoms with E-state index < -0.39 is 15.6 Å². The van der Waals surface area contributed by atoms with E-state index in [1.54, 1.807) is 6.07 Å². The van der Waals surface area contributed by atoms with Gasteiger partial charge in [0.05, 0.1) is 5.56 Å². The van der Waals surface area contributed by atoms with Gasteiger partial charge in [-0.2, -0.15) is 4.31 Å². The largest absolute Gasteiger partial charge is 0.507 e. The maximum Gasteiger partial charge on any atom is 0.478 e. The number of hydrogen-bond acceptors (Lipinski definition) is 5. The molecule has 0 bridgehead atoms. The maximum atomic E-state index is 10.5. The van der Waals surface area contributed by atoms with Crippen LogP contribution in [0.25, 0.3) is 11.1 Å². The van der Waals surface area contributed by atoms with Crippen LogP contribution < -0.4 is 4.74 Å². The van der Waals surface area contributed by atoms with Gasteiger partial charge in [-0.25, -0.2) is 9.13 Å².